The van der Waals surface area contributed by atoms with Crippen LogP contribution in [0.25, 0.3) is 0 Å². The smallest absolute Gasteiger partial charge is 0.261 e. The molecule has 1 heterocycles. The van der Waals surface area contributed by atoms with E-state index in [0.717, 1.165) is 24.5 Å². The van der Waals surface area contributed by atoms with E-state index in [-0.39, 0.29) is 22.2 Å². The van der Waals surface area contributed by atoms with E-state index in [1.165, 1.54) is 19.1 Å². The minimum atomic E-state index is -4.10. The number of nitrogens with zero attached hydrogens (tertiary/aromatic N) is 1. The van der Waals surface area contributed by atoms with Gasteiger partial charge in [0.2, 0.25) is 5.91 Å². The molecule has 1 aliphatic rings. The maximum atomic E-state index is 14.3. The zero-order chi connectivity index (χ0) is 23.6. The number of nitrogens with one attached hydrogen (secondary N) is 2. The van der Waals surface area contributed by atoms with E-state index in [0.29, 0.717) is 17.8 Å². The molecule has 0 fully saturated rings. The van der Waals surface area contributed by atoms with Crippen LogP contribution in [0, 0.1) is 5.82 Å². The Hall–Kier alpha value is -3.72. The van der Waals surface area contributed by atoms with Gasteiger partial charge in [0.15, 0.2) is 0 Å². The molecule has 3 aromatic carbocycles. The average Bonchev–Trinajstić information content (AvgIpc) is 2.79. The number of sulfonamides is 1. The average molecular weight is 468 g/mol. The van der Waals surface area contributed by atoms with E-state index in [4.69, 9.17) is 0 Å². The second-order valence-corrected chi connectivity index (χ2v) is 9.38. The van der Waals surface area contributed by atoms with Crippen molar-refractivity contribution in [3.63, 3.8) is 0 Å². The van der Waals surface area contributed by atoms with E-state index in [1.807, 2.05) is 6.07 Å². The van der Waals surface area contributed by atoms with E-state index < -0.39 is 21.7 Å². The Morgan fingerprint density at radius 2 is 1.76 bits per heavy atom. The number of halogens is 1. The Labute approximate surface area is 191 Å². The molecule has 0 unspecified atom stereocenters. The van der Waals surface area contributed by atoms with Crippen LogP contribution in [0.1, 0.15) is 29.3 Å². The minimum Gasteiger partial charge on any atom is -0.324 e. The molecule has 170 valence electrons. The number of anilines is 3. The van der Waals surface area contributed by atoms with Crippen molar-refractivity contribution < 1.29 is 22.4 Å². The van der Waals surface area contributed by atoms with Crippen molar-refractivity contribution in [3.05, 3.63) is 83.7 Å². The van der Waals surface area contributed by atoms with Crippen molar-refractivity contribution in [1.29, 1.82) is 0 Å². The predicted octanol–water partition coefficient (Wildman–Crippen LogP) is 4.18. The van der Waals surface area contributed by atoms with Crippen molar-refractivity contribution >= 4 is 38.9 Å². The first kappa shape index (κ1) is 22.5. The third kappa shape index (κ3) is 4.88. The monoisotopic (exact) mass is 467 g/mol. The molecule has 0 spiro atoms. The van der Waals surface area contributed by atoms with Crippen molar-refractivity contribution in [2.24, 2.45) is 0 Å². The molecule has 0 aromatic heterocycles. The summed E-state index contributed by atoms with van der Waals surface area (Å²) in [5, 5.41) is 2.30. The number of carbonyl (C=O) groups is 2. The zero-order valence-corrected chi connectivity index (χ0v) is 18.7. The number of carbonyl (C=O) groups excluding carboxylic acids is 2. The maximum absolute atomic E-state index is 14.3. The van der Waals surface area contributed by atoms with E-state index in [2.05, 4.69) is 10.0 Å². The van der Waals surface area contributed by atoms with Crippen molar-refractivity contribution in [2.75, 3.05) is 21.5 Å². The number of aryl methyl sites for hydroxylation is 1. The third-order valence-corrected chi connectivity index (χ3v) is 6.66. The summed E-state index contributed by atoms with van der Waals surface area (Å²) >= 11 is 0. The summed E-state index contributed by atoms with van der Waals surface area (Å²) in [4.78, 5) is 25.5. The lowest BCUT2D eigenvalue weighted by molar-refractivity contribution is -0.114. The lowest BCUT2D eigenvalue weighted by Crippen LogP contribution is -2.35. The van der Waals surface area contributed by atoms with E-state index in [9.17, 15) is 22.4 Å². The first-order chi connectivity index (χ1) is 15.7. The number of rotatable bonds is 5. The fourth-order valence-corrected chi connectivity index (χ4v) is 4.81. The van der Waals surface area contributed by atoms with Crippen LogP contribution >= 0.6 is 0 Å². The van der Waals surface area contributed by atoms with Crippen LogP contribution in [0.3, 0.4) is 0 Å². The van der Waals surface area contributed by atoms with Crippen molar-refractivity contribution in [3.8, 4) is 0 Å². The normalized spacial score (nSPS) is 13.2. The standard InChI is InChI=1S/C24H22FN3O4S/c1-16(29)26-22-12-11-20(15-21(22)25)33(31,32)27-19-10-9-17-8-5-13-28(23(17)14-19)24(30)18-6-3-2-4-7-18/h2-4,6-7,9-12,14-15,27H,5,8,13H2,1H3,(H,26,29). The molecule has 0 atom stereocenters. The van der Waals surface area contributed by atoms with Gasteiger partial charge in [0.25, 0.3) is 15.9 Å². The molecule has 1 aliphatic heterocycles. The maximum Gasteiger partial charge on any atom is 0.261 e. The molecule has 0 saturated carbocycles. The van der Waals surface area contributed by atoms with Crippen molar-refractivity contribution in [1.82, 2.24) is 0 Å². The minimum absolute atomic E-state index is 0.106. The highest BCUT2D eigenvalue weighted by atomic mass is 32.2. The van der Waals surface area contributed by atoms with Gasteiger partial charge >= 0.3 is 0 Å². The van der Waals surface area contributed by atoms with Gasteiger partial charge in [-0.3, -0.25) is 14.3 Å². The van der Waals surface area contributed by atoms with Crippen LogP contribution in [0.2, 0.25) is 0 Å². The molecule has 9 heteroatoms. The molecule has 2 amide bonds. The van der Waals surface area contributed by atoms with Crippen molar-refractivity contribution in [2.45, 2.75) is 24.7 Å². The highest BCUT2D eigenvalue weighted by Gasteiger charge is 2.25. The number of hydrogen-bond donors (Lipinski definition) is 2. The van der Waals surface area contributed by atoms with Gasteiger partial charge in [-0.1, -0.05) is 24.3 Å². The Balaban J connectivity index is 1.61. The molecule has 2 N–H and O–H groups in total. The highest BCUT2D eigenvalue weighted by Crippen LogP contribution is 2.32. The van der Waals surface area contributed by atoms with E-state index in [1.54, 1.807) is 47.4 Å². The predicted molar refractivity (Wildman–Crippen MR) is 124 cm³/mol. The van der Waals surface area contributed by atoms with Gasteiger partial charge in [0.1, 0.15) is 5.82 Å². The number of hydrogen-bond acceptors (Lipinski definition) is 4. The molecular weight excluding hydrogens is 445 g/mol. The first-order valence-corrected chi connectivity index (χ1v) is 11.8. The lowest BCUT2D eigenvalue weighted by Gasteiger charge is -2.30. The third-order valence-electron chi connectivity index (χ3n) is 5.28. The summed E-state index contributed by atoms with van der Waals surface area (Å²) < 4.78 is 42.4. The molecule has 0 aliphatic carbocycles. The summed E-state index contributed by atoms with van der Waals surface area (Å²) in [5.74, 6) is -1.49. The Bertz CT molecular complexity index is 1330. The molecule has 0 saturated heterocycles. The molecular formula is C24H22FN3O4S. The SMILES string of the molecule is CC(=O)Nc1ccc(S(=O)(=O)Nc2ccc3c(c2)N(C(=O)c2ccccc2)CCC3)cc1F. The molecule has 4 rings (SSSR count). The first-order valence-electron chi connectivity index (χ1n) is 10.3. The Kier molecular flexibility index (Phi) is 6.15. The summed E-state index contributed by atoms with van der Waals surface area (Å²) in [6.07, 6.45) is 1.58. The summed E-state index contributed by atoms with van der Waals surface area (Å²) in [6, 6.07) is 17.2. The fraction of sp³-hybridized carbons (Fsp3) is 0.167. The fourth-order valence-electron chi connectivity index (χ4n) is 3.75. The quantitative estimate of drug-likeness (QED) is 0.589. The molecule has 0 radical (unpaired) electrons. The highest BCUT2D eigenvalue weighted by molar-refractivity contribution is 7.92. The van der Waals surface area contributed by atoms with Crippen LogP contribution < -0.4 is 14.9 Å². The van der Waals surface area contributed by atoms with Crippen LogP contribution in [0.4, 0.5) is 21.5 Å². The summed E-state index contributed by atoms with van der Waals surface area (Å²) in [7, 11) is -4.10. The number of fused-ring (bicyclic) bond motifs is 1. The van der Waals surface area contributed by atoms with Crippen LogP contribution in [0.15, 0.2) is 71.6 Å². The summed E-state index contributed by atoms with van der Waals surface area (Å²) in [5.41, 5.74) is 2.28. The Morgan fingerprint density at radius 3 is 2.45 bits per heavy atom. The lowest BCUT2D eigenvalue weighted by atomic mass is 10.00. The number of benzene rings is 3. The zero-order valence-electron chi connectivity index (χ0n) is 17.8. The van der Waals surface area contributed by atoms with Crippen LogP contribution in [-0.4, -0.2) is 26.8 Å². The van der Waals surface area contributed by atoms with Gasteiger partial charge in [-0.25, -0.2) is 12.8 Å². The van der Waals surface area contributed by atoms with Crippen LogP contribution in [-0.2, 0) is 21.2 Å². The molecule has 0 bridgehead atoms. The Morgan fingerprint density at radius 1 is 1.00 bits per heavy atom. The van der Waals surface area contributed by atoms with Gasteiger partial charge in [-0.2, -0.15) is 0 Å². The summed E-state index contributed by atoms with van der Waals surface area (Å²) in [6.45, 7) is 1.75. The van der Waals surface area contributed by atoms with Gasteiger partial charge < -0.3 is 10.2 Å². The largest absolute Gasteiger partial charge is 0.324 e. The molecule has 33 heavy (non-hydrogen) atoms. The van der Waals surface area contributed by atoms with Gasteiger partial charge in [0, 0.05) is 24.7 Å². The van der Waals surface area contributed by atoms with Gasteiger partial charge in [0.05, 0.1) is 16.3 Å². The topological polar surface area (TPSA) is 95.6 Å². The molecule has 7 nitrogen and oxygen atoms in total. The number of amides is 2. The molecule has 3 aromatic rings. The van der Waals surface area contributed by atoms with E-state index >= 15 is 0 Å². The second kappa shape index (κ2) is 9.03. The van der Waals surface area contributed by atoms with Gasteiger partial charge in [-0.15, -0.1) is 0 Å². The van der Waals surface area contributed by atoms with Gasteiger partial charge in [-0.05, 0) is 60.9 Å². The second-order valence-electron chi connectivity index (χ2n) is 7.70. The van der Waals surface area contributed by atoms with Crippen LogP contribution in [0.5, 0.6) is 0 Å².